The lowest BCUT2D eigenvalue weighted by Crippen LogP contribution is -2.43. The zero-order valence-corrected chi connectivity index (χ0v) is 13.9. The molecule has 0 saturated heterocycles. The molecule has 1 rings (SSSR count). The Bertz CT molecular complexity index is 692. The van der Waals surface area contributed by atoms with Crippen molar-refractivity contribution in [2.45, 2.75) is 26.1 Å². The van der Waals surface area contributed by atoms with Crippen LogP contribution in [0.4, 0.5) is 23.7 Å². The number of hydrogen-bond donors (Lipinski definition) is 3. The third-order valence-corrected chi connectivity index (χ3v) is 2.79. The minimum Gasteiger partial charge on any atom is -0.383 e. The molecule has 0 aliphatic rings. The number of halogens is 3. The van der Waals surface area contributed by atoms with Crippen molar-refractivity contribution in [2.75, 3.05) is 11.9 Å². The quantitative estimate of drug-likeness (QED) is 0.522. The number of alkyl halides is 3. The summed E-state index contributed by atoms with van der Waals surface area (Å²) in [6, 6.07) is 3.32. The summed E-state index contributed by atoms with van der Waals surface area (Å²) >= 11 is 0. The summed E-state index contributed by atoms with van der Waals surface area (Å²) in [4.78, 5) is 39.0. The molecule has 11 heteroatoms. The van der Waals surface area contributed by atoms with Crippen LogP contribution in [0.3, 0.4) is 0 Å². The van der Waals surface area contributed by atoms with Gasteiger partial charge in [0.2, 0.25) is 6.10 Å². The van der Waals surface area contributed by atoms with E-state index >= 15 is 0 Å². The molecule has 1 aromatic rings. The van der Waals surface area contributed by atoms with Crippen LogP contribution in [0.1, 0.15) is 19.4 Å². The Morgan fingerprint density at radius 1 is 1.31 bits per heavy atom. The molecule has 8 nitrogen and oxygen atoms in total. The number of oxime groups is 1. The third-order valence-electron chi connectivity index (χ3n) is 2.79. The lowest BCUT2D eigenvalue weighted by molar-refractivity contribution is -0.137. The van der Waals surface area contributed by atoms with Gasteiger partial charge in [-0.15, -0.1) is 0 Å². The van der Waals surface area contributed by atoms with Crippen LogP contribution in [-0.2, 0) is 20.6 Å². The van der Waals surface area contributed by atoms with Crippen LogP contribution in [0.15, 0.2) is 29.4 Å². The molecule has 4 amide bonds. The van der Waals surface area contributed by atoms with Crippen molar-refractivity contribution in [3.8, 4) is 0 Å². The number of carbonyl (C=O) groups excluding carboxylic acids is 3. The molecule has 142 valence electrons. The van der Waals surface area contributed by atoms with Gasteiger partial charge in [-0.25, -0.2) is 4.79 Å². The molecule has 1 atom stereocenters. The molecule has 0 saturated carbocycles. The number of imide groups is 1. The van der Waals surface area contributed by atoms with Gasteiger partial charge in [0.05, 0.1) is 5.56 Å². The van der Waals surface area contributed by atoms with Crippen molar-refractivity contribution < 1.29 is 32.4 Å². The van der Waals surface area contributed by atoms with Gasteiger partial charge in [-0.1, -0.05) is 11.2 Å². The normalized spacial score (nSPS) is 12.3. The van der Waals surface area contributed by atoms with Gasteiger partial charge in [0, 0.05) is 12.2 Å². The van der Waals surface area contributed by atoms with Crippen LogP contribution in [-0.4, -0.2) is 36.7 Å². The average Bonchev–Trinajstić information content (AvgIpc) is 2.54. The fourth-order valence-electron chi connectivity index (χ4n) is 1.58. The molecule has 0 radical (unpaired) electrons. The van der Waals surface area contributed by atoms with Crippen molar-refractivity contribution in [1.29, 1.82) is 0 Å². The van der Waals surface area contributed by atoms with Gasteiger partial charge >= 0.3 is 12.2 Å². The molecule has 0 spiro atoms. The van der Waals surface area contributed by atoms with E-state index in [1.807, 2.05) is 5.32 Å². The van der Waals surface area contributed by atoms with E-state index in [1.54, 1.807) is 6.92 Å². The molecule has 0 aromatic heterocycles. The van der Waals surface area contributed by atoms with E-state index in [4.69, 9.17) is 4.84 Å². The Balaban J connectivity index is 2.53. The topological polar surface area (TPSA) is 109 Å². The number of carbonyl (C=O) groups is 3. The van der Waals surface area contributed by atoms with E-state index < -0.39 is 35.7 Å². The molecule has 0 unspecified atom stereocenters. The van der Waals surface area contributed by atoms with Gasteiger partial charge in [-0.2, -0.15) is 13.2 Å². The average molecular weight is 374 g/mol. The zero-order chi connectivity index (χ0) is 19.7. The first kappa shape index (κ1) is 20.9. The van der Waals surface area contributed by atoms with Crippen molar-refractivity contribution >= 4 is 29.7 Å². The first-order chi connectivity index (χ1) is 12.1. The second kappa shape index (κ2) is 9.39. The van der Waals surface area contributed by atoms with Crippen molar-refractivity contribution in [3.05, 3.63) is 29.8 Å². The Kier molecular flexibility index (Phi) is 7.56. The summed E-state index contributed by atoms with van der Waals surface area (Å²) in [5.74, 6) is -1.65. The number of nitrogens with one attached hydrogen (secondary N) is 3. The van der Waals surface area contributed by atoms with E-state index in [2.05, 4.69) is 15.8 Å². The summed E-state index contributed by atoms with van der Waals surface area (Å²) < 4.78 is 37.8. The minimum absolute atomic E-state index is 0.0849. The van der Waals surface area contributed by atoms with E-state index in [0.29, 0.717) is 12.8 Å². The van der Waals surface area contributed by atoms with Gasteiger partial charge < -0.3 is 15.5 Å². The van der Waals surface area contributed by atoms with Crippen LogP contribution < -0.4 is 16.0 Å². The standard InChI is InChI=1S/C15H17F3N4O4/c1-3-19-14(25)22-13(24)9(2)26-20-8-12(23)21-11-6-4-5-10(7-11)15(16,17)18/h4-9H,3H2,1-2H3,(H,21,23)(H2,19,22,24,25)/b20-8-/t9-/m0/s1. The summed E-state index contributed by atoms with van der Waals surface area (Å²) in [6.07, 6.45) is -5.06. The Labute approximate surface area is 146 Å². The van der Waals surface area contributed by atoms with Gasteiger partial charge in [0.15, 0.2) is 0 Å². The van der Waals surface area contributed by atoms with Crippen LogP contribution in [0, 0.1) is 0 Å². The highest BCUT2D eigenvalue weighted by molar-refractivity contribution is 6.31. The molecular formula is C15H17F3N4O4. The number of anilines is 1. The predicted octanol–water partition coefficient (Wildman–Crippen LogP) is 1.88. The summed E-state index contributed by atoms with van der Waals surface area (Å²) in [5.41, 5.74) is -1.00. The fraction of sp³-hybridized carbons (Fsp3) is 0.333. The predicted molar refractivity (Wildman–Crippen MR) is 86.3 cm³/mol. The Morgan fingerprint density at radius 2 is 2.00 bits per heavy atom. The van der Waals surface area contributed by atoms with Crippen molar-refractivity contribution in [3.63, 3.8) is 0 Å². The number of rotatable bonds is 6. The molecule has 1 aromatic carbocycles. The van der Waals surface area contributed by atoms with Crippen LogP contribution in [0.5, 0.6) is 0 Å². The maximum atomic E-state index is 12.6. The first-order valence-electron chi connectivity index (χ1n) is 7.39. The summed E-state index contributed by atoms with van der Waals surface area (Å²) in [6.45, 7) is 3.27. The summed E-state index contributed by atoms with van der Waals surface area (Å²) in [7, 11) is 0. The van der Waals surface area contributed by atoms with E-state index in [0.717, 1.165) is 18.2 Å². The molecule has 0 aliphatic heterocycles. The molecule has 0 aliphatic carbocycles. The first-order valence-corrected chi connectivity index (χ1v) is 7.39. The number of nitrogens with zero attached hydrogens (tertiary/aromatic N) is 1. The molecule has 26 heavy (non-hydrogen) atoms. The van der Waals surface area contributed by atoms with Gasteiger partial charge in [0.1, 0.15) is 6.21 Å². The van der Waals surface area contributed by atoms with Gasteiger partial charge in [0.25, 0.3) is 11.8 Å². The van der Waals surface area contributed by atoms with Gasteiger partial charge in [-0.05, 0) is 32.0 Å². The maximum Gasteiger partial charge on any atom is 0.416 e. The molecule has 0 bridgehead atoms. The number of amides is 4. The Morgan fingerprint density at radius 3 is 2.62 bits per heavy atom. The largest absolute Gasteiger partial charge is 0.416 e. The number of urea groups is 1. The monoisotopic (exact) mass is 374 g/mol. The zero-order valence-electron chi connectivity index (χ0n) is 13.9. The SMILES string of the molecule is CCNC(=O)NC(=O)[C@H](C)O/N=C\C(=O)Nc1cccc(C(F)(F)F)c1. The highest BCUT2D eigenvalue weighted by Gasteiger charge is 2.30. The van der Waals surface area contributed by atoms with Crippen molar-refractivity contribution in [1.82, 2.24) is 10.6 Å². The van der Waals surface area contributed by atoms with Crippen molar-refractivity contribution in [2.24, 2.45) is 5.16 Å². The maximum absolute atomic E-state index is 12.6. The minimum atomic E-state index is -4.54. The Hall–Kier alpha value is -3.11. The van der Waals surface area contributed by atoms with Crippen LogP contribution in [0.2, 0.25) is 0 Å². The van der Waals surface area contributed by atoms with E-state index in [1.165, 1.54) is 13.0 Å². The van der Waals surface area contributed by atoms with Crippen LogP contribution in [0.25, 0.3) is 0 Å². The molecular weight excluding hydrogens is 357 g/mol. The fourth-order valence-corrected chi connectivity index (χ4v) is 1.58. The lowest BCUT2D eigenvalue weighted by Gasteiger charge is -2.10. The highest BCUT2D eigenvalue weighted by Crippen LogP contribution is 2.30. The van der Waals surface area contributed by atoms with E-state index in [-0.39, 0.29) is 5.69 Å². The molecule has 3 N–H and O–H groups in total. The summed E-state index contributed by atoms with van der Waals surface area (Å²) in [5, 5.41) is 9.76. The second-order valence-electron chi connectivity index (χ2n) is 4.90. The molecule has 0 fully saturated rings. The van der Waals surface area contributed by atoms with E-state index in [9.17, 15) is 27.6 Å². The van der Waals surface area contributed by atoms with Gasteiger partial charge in [-0.3, -0.25) is 14.9 Å². The van der Waals surface area contributed by atoms with Crippen LogP contribution >= 0.6 is 0 Å². The third kappa shape index (κ3) is 7.20. The highest BCUT2D eigenvalue weighted by atomic mass is 19.4. The lowest BCUT2D eigenvalue weighted by atomic mass is 10.2. The second-order valence-corrected chi connectivity index (χ2v) is 4.90. The smallest absolute Gasteiger partial charge is 0.383 e. The number of hydrogen-bond acceptors (Lipinski definition) is 5. The molecule has 0 heterocycles. The number of benzene rings is 1.